The van der Waals surface area contributed by atoms with Crippen molar-refractivity contribution in [1.29, 1.82) is 0 Å². The van der Waals surface area contributed by atoms with Gasteiger partial charge in [0.05, 0.1) is 11.4 Å². The molecule has 0 unspecified atom stereocenters. The van der Waals surface area contributed by atoms with E-state index in [9.17, 15) is 13.2 Å². The van der Waals surface area contributed by atoms with E-state index in [1.807, 2.05) is 30.5 Å². The summed E-state index contributed by atoms with van der Waals surface area (Å²) in [4.78, 5) is 20.2. The topological polar surface area (TPSA) is 80.5 Å². The van der Waals surface area contributed by atoms with Gasteiger partial charge in [-0.15, -0.1) is 11.3 Å². The summed E-state index contributed by atoms with van der Waals surface area (Å²) < 4.78 is 31.2. The van der Waals surface area contributed by atoms with Gasteiger partial charge in [0.15, 0.2) is 5.76 Å². The Balaban J connectivity index is 1.69. The summed E-state index contributed by atoms with van der Waals surface area (Å²) in [5.74, 6) is -0.0821. The number of pyridine rings is 1. The summed E-state index contributed by atoms with van der Waals surface area (Å²) in [6, 6.07) is 15.9. The third-order valence-corrected chi connectivity index (χ3v) is 7.31. The van der Waals surface area contributed by atoms with Gasteiger partial charge in [-0.3, -0.25) is 9.69 Å². The fraction of sp³-hybridized carbons (Fsp3) is 0.0909. The van der Waals surface area contributed by atoms with E-state index in [0.29, 0.717) is 10.8 Å². The van der Waals surface area contributed by atoms with E-state index in [1.54, 1.807) is 12.3 Å². The first-order valence-corrected chi connectivity index (χ1v) is 12.0. The minimum Gasteiger partial charge on any atom is -0.439 e. The Morgan fingerprint density at radius 1 is 1.10 bits per heavy atom. The van der Waals surface area contributed by atoms with Gasteiger partial charge in [-0.25, -0.2) is 13.4 Å². The third-order valence-electron chi connectivity index (χ3n) is 4.56. The summed E-state index contributed by atoms with van der Waals surface area (Å²) in [6.45, 7) is 2.14. The lowest BCUT2D eigenvalue weighted by Crippen LogP contribution is -2.31. The maximum atomic E-state index is 13.3. The van der Waals surface area contributed by atoms with Crippen molar-refractivity contribution in [2.45, 2.75) is 23.5 Å². The van der Waals surface area contributed by atoms with Crippen molar-refractivity contribution in [3.05, 3.63) is 93.5 Å². The molecule has 0 aliphatic rings. The molecule has 1 amide bonds. The van der Waals surface area contributed by atoms with Gasteiger partial charge in [0.2, 0.25) is 14.9 Å². The SMILES string of the molecule is Cc1cccnc1N(Cc1cccs1)C(=O)c1ccc(S(=O)(=O)c2ccc(Cl)cc2)o1. The molecule has 3 aromatic heterocycles. The van der Waals surface area contributed by atoms with Gasteiger partial charge >= 0.3 is 0 Å². The predicted octanol–water partition coefficient (Wildman–Crippen LogP) is 5.38. The second kappa shape index (κ2) is 8.66. The number of thiophene rings is 1. The summed E-state index contributed by atoms with van der Waals surface area (Å²) in [6.07, 6.45) is 1.61. The molecule has 0 aliphatic carbocycles. The Kier molecular flexibility index (Phi) is 5.95. The van der Waals surface area contributed by atoms with Crippen LogP contribution in [-0.4, -0.2) is 19.3 Å². The molecule has 9 heteroatoms. The van der Waals surface area contributed by atoms with Gasteiger partial charge in [-0.05, 0) is 66.4 Å². The molecular formula is C22H17ClN2O4S2. The first-order chi connectivity index (χ1) is 14.9. The first kappa shape index (κ1) is 21.3. The van der Waals surface area contributed by atoms with Crippen LogP contribution < -0.4 is 4.90 Å². The number of amides is 1. The zero-order valence-electron chi connectivity index (χ0n) is 16.4. The molecule has 0 saturated carbocycles. The molecule has 0 fully saturated rings. The van der Waals surface area contributed by atoms with E-state index in [4.69, 9.17) is 16.0 Å². The number of hydrogen-bond donors (Lipinski definition) is 0. The molecule has 3 heterocycles. The fourth-order valence-electron chi connectivity index (χ4n) is 3.00. The highest BCUT2D eigenvalue weighted by Crippen LogP contribution is 2.27. The monoisotopic (exact) mass is 472 g/mol. The number of hydrogen-bond acceptors (Lipinski definition) is 6. The molecule has 0 bridgehead atoms. The van der Waals surface area contributed by atoms with Gasteiger partial charge in [0.1, 0.15) is 5.82 Å². The first-order valence-electron chi connectivity index (χ1n) is 9.22. The van der Waals surface area contributed by atoms with Crippen molar-refractivity contribution in [3.8, 4) is 0 Å². The van der Waals surface area contributed by atoms with E-state index < -0.39 is 15.7 Å². The van der Waals surface area contributed by atoms with Gasteiger partial charge in [-0.1, -0.05) is 23.7 Å². The van der Waals surface area contributed by atoms with Gasteiger partial charge in [0, 0.05) is 16.1 Å². The number of benzene rings is 1. The molecule has 0 aliphatic heterocycles. The van der Waals surface area contributed by atoms with Crippen LogP contribution in [0.3, 0.4) is 0 Å². The Hall–Kier alpha value is -2.94. The molecule has 31 heavy (non-hydrogen) atoms. The Morgan fingerprint density at radius 2 is 1.87 bits per heavy atom. The van der Waals surface area contributed by atoms with Crippen LogP contribution in [0.25, 0.3) is 0 Å². The number of aryl methyl sites for hydroxylation is 1. The van der Waals surface area contributed by atoms with E-state index >= 15 is 0 Å². The average Bonchev–Trinajstić information content (AvgIpc) is 3.45. The van der Waals surface area contributed by atoms with Crippen molar-refractivity contribution in [1.82, 2.24) is 4.98 Å². The highest BCUT2D eigenvalue weighted by Gasteiger charge is 2.27. The highest BCUT2D eigenvalue weighted by atomic mass is 35.5. The largest absolute Gasteiger partial charge is 0.439 e. The summed E-state index contributed by atoms with van der Waals surface area (Å²) in [7, 11) is -3.93. The summed E-state index contributed by atoms with van der Waals surface area (Å²) >= 11 is 7.36. The molecule has 4 aromatic rings. The number of carbonyl (C=O) groups excluding carboxylic acids is 1. The van der Waals surface area contributed by atoms with Crippen LogP contribution in [0, 0.1) is 6.92 Å². The van der Waals surface area contributed by atoms with E-state index in [0.717, 1.165) is 10.4 Å². The van der Waals surface area contributed by atoms with Gasteiger partial charge < -0.3 is 4.42 Å². The molecule has 6 nitrogen and oxygen atoms in total. The number of halogens is 1. The maximum absolute atomic E-state index is 13.3. The van der Waals surface area contributed by atoms with E-state index in [1.165, 1.54) is 52.6 Å². The molecule has 0 saturated heterocycles. The second-order valence-corrected chi connectivity index (χ2v) is 10.0. The summed E-state index contributed by atoms with van der Waals surface area (Å²) in [5, 5.41) is 2.03. The van der Waals surface area contributed by atoms with Crippen LogP contribution >= 0.6 is 22.9 Å². The molecular weight excluding hydrogens is 456 g/mol. The van der Waals surface area contributed by atoms with Crippen LogP contribution in [0.1, 0.15) is 21.0 Å². The number of sulfone groups is 1. The smallest absolute Gasteiger partial charge is 0.295 e. The molecule has 0 atom stereocenters. The van der Waals surface area contributed by atoms with Crippen molar-refractivity contribution in [2.75, 3.05) is 4.90 Å². The number of carbonyl (C=O) groups is 1. The van der Waals surface area contributed by atoms with Gasteiger partial charge in [0.25, 0.3) is 5.91 Å². The number of rotatable bonds is 6. The Bertz CT molecular complexity index is 1310. The minimum atomic E-state index is -3.93. The van der Waals surface area contributed by atoms with Crippen LogP contribution in [0.15, 0.2) is 86.6 Å². The second-order valence-electron chi connectivity index (χ2n) is 6.69. The number of anilines is 1. The zero-order valence-corrected chi connectivity index (χ0v) is 18.7. The van der Waals surface area contributed by atoms with Crippen molar-refractivity contribution in [2.24, 2.45) is 0 Å². The van der Waals surface area contributed by atoms with E-state index in [-0.39, 0.29) is 22.3 Å². The predicted molar refractivity (Wildman–Crippen MR) is 119 cm³/mol. The number of aromatic nitrogens is 1. The third kappa shape index (κ3) is 4.41. The van der Waals surface area contributed by atoms with E-state index in [2.05, 4.69) is 4.98 Å². The minimum absolute atomic E-state index is 0.0289. The lowest BCUT2D eigenvalue weighted by molar-refractivity contribution is 0.0952. The normalized spacial score (nSPS) is 11.4. The molecule has 158 valence electrons. The average molecular weight is 473 g/mol. The molecule has 0 radical (unpaired) electrons. The quantitative estimate of drug-likeness (QED) is 0.376. The van der Waals surface area contributed by atoms with Gasteiger partial charge in [-0.2, -0.15) is 0 Å². The fourth-order valence-corrected chi connectivity index (χ4v) is 5.00. The van der Waals surface area contributed by atoms with Crippen LogP contribution in [-0.2, 0) is 16.4 Å². The molecule has 4 rings (SSSR count). The maximum Gasteiger partial charge on any atom is 0.295 e. The van der Waals surface area contributed by atoms with Crippen LogP contribution in [0.5, 0.6) is 0 Å². The van der Waals surface area contributed by atoms with Crippen molar-refractivity contribution < 1.29 is 17.6 Å². The number of furan rings is 1. The molecule has 0 spiro atoms. The Labute approximate surface area is 188 Å². The number of nitrogens with zero attached hydrogens (tertiary/aromatic N) is 2. The lowest BCUT2D eigenvalue weighted by Gasteiger charge is -2.21. The Morgan fingerprint density at radius 3 is 2.55 bits per heavy atom. The van der Waals surface area contributed by atoms with Crippen molar-refractivity contribution in [3.63, 3.8) is 0 Å². The molecule has 1 aromatic carbocycles. The highest BCUT2D eigenvalue weighted by molar-refractivity contribution is 7.91. The zero-order chi connectivity index (χ0) is 22.0. The standard InChI is InChI=1S/C22H17ClN2O4S2/c1-15-4-2-12-24-21(15)25(14-17-5-3-13-30-17)22(26)19-10-11-20(29-19)31(27,28)18-8-6-16(23)7-9-18/h2-13H,14H2,1H3. The lowest BCUT2D eigenvalue weighted by atomic mass is 10.2. The van der Waals surface area contributed by atoms with Crippen LogP contribution in [0.2, 0.25) is 5.02 Å². The van der Waals surface area contributed by atoms with Crippen LogP contribution in [0.4, 0.5) is 5.82 Å². The van der Waals surface area contributed by atoms with Crippen molar-refractivity contribution >= 4 is 44.5 Å². The molecule has 0 N–H and O–H groups in total. The summed E-state index contributed by atoms with van der Waals surface area (Å²) in [5.41, 5.74) is 0.813.